The van der Waals surface area contributed by atoms with E-state index in [0.29, 0.717) is 12.3 Å². The number of nitrogens with one attached hydrogen (secondary N) is 1. The van der Waals surface area contributed by atoms with Crippen molar-refractivity contribution in [2.75, 3.05) is 18.5 Å². The Bertz CT molecular complexity index is 562. The number of nitrogens with zero attached hydrogens (tertiary/aromatic N) is 1. The highest BCUT2D eigenvalue weighted by atomic mass is 32.1. The van der Waals surface area contributed by atoms with Crippen molar-refractivity contribution in [1.82, 2.24) is 4.98 Å². The highest BCUT2D eigenvalue weighted by molar-refractivity contribution is 7.14. The summed E-state index contributed by atoms with van der Waals surface area (Å²) in [5.41, 5.74) is 2.04. The summed E-state index contributed by atoms with van der Waals surface area (Å²) in [7, 11) is 0. The molecule has 0 saturated carbocycles. The van der Waals surface area contributed by atoms with E-state index in [4.69, 9.17) is 4.74 Å². The van der Waals surface area contributed by atoms with Crippen LogP contribution in [0.3, 0.4) is 0 Å². The van der Waals surface area contributed by atoms with Gasteiger partial charge in [-0.25, -0.2) is 9.78 Å². The minimum Gasteiger partial charge on any atom is -0.461 e. The summed E-state index contributed by atoms with van der Waals surface area (Å²) in [6.45, 7) is 7.24. The molecule has 2 rings (SSSR count). The Balaban J connectivity index is 2.05. The van der Waals surface area contributed by atoms with Gasteiger partial charge in [0, 0.05) is 16.8 Å². The number of thiophene rings is 1. The van der Waals surface area contributed by atoms with E-state index in [1.165, 1.54) is 16.2 Å². The number of esters is 1. The topological polar surface area (TPSA) is 51.2 Å². The van der Waals surface area contributed by atoms with Crippen molar-refractivity contribution in [3.05, 3.63) is 33.6 Å². The first kappa shape index (κ1) is 15.0. The minimum absolute atomic E-state index is 0.00406. The van der Waals surface area contributed by atoms with Gasteiger partial charge in [0.2, 0.25) is 0 Å². The second kappa shape index (κ2) is 6.37. The van der Waals surface area contributed by atoms with Crippen molar-refractivity contribution in [2.45, 2.75) is 26.2 Å². The Morgan fingerprint density at radius 3 is 2.90 bits per heavy atom. The molecule has 0 bridgehead atoms. The predicted octanol–water partition coefficient (Wildman–Crippen LogP) is 3.77. The van der Waals surface area contributed by atoms with Crippen molar-refractivity contribution in [3.63, 3.8) is 0 Å². The van der Waals surface area contributed by atoms with Crippen molar-refractivity contribution >= 4 is 33.6 Å². The zero-order chi connectivity index (χ0) is 14.6. The summed E-state index contributed by atoms with van der Waals surface area (Å²) < 4.78 is 5.00. The van der Waals surface area contributed by atoms with Crippen LogP contribution in [0, 0.1) is 0 Å². The molecule has 0 aliphatic heterocycles. The number of rotatable bonds is 6. The predicted molar refractivity (Wildman–Crippen MR) is 83.9 cm³/mol. The molecule has 108 valence electrons. The van der Waals surface area contributed by atoms with Crippen molar-refractivity contribution < 1.29 is 9.53 Å². The van der Waals surface area contributed by atoms with Crippen molar-refractivity contribution in [2.24, 2.45) is 0 Å². The third-order valence-corrected chi connectivity index (χ3v) is 4.94. The molecule has 6 heteroatoms. The third-order valence-electron chi connectivity index (χ3n) is 2.92. The van der Waals surface area contributed by atoms with E-state index >= 15 is 0 Å². The first-order valence-corrected chi connectivity index (χ1v) is 8.19. The van der Waals surface area contributed by atoms with E-state index < -0.39 is 0 Å². The molecule has 0 unspecified atom stereocenters. The molecule has 1 N–H and O–H groups in total. The van der Waals surface area contributed by atoms with E-state index in [2.05, 4.69) is 41.7 Å². The van der Waals surface area contributed by atoms with Crippen LogP contribution >= 0.6 is 22.7 Å². The number of ether oxygens (including phenoxy) is 1. The quantitative estimate of drug-likeness (QED) is 0.825. The van der Waals surface area contributed by atoms with Crippen LogP contribution in [0.5, 0.6) is 0 Å². The van der Waals surface area contributed by atoms with Gasteiger partial charge in [-0.05, 0) is 18.4 Å². The average molecular weight is 310 g/mol. The lowest BCUT2D eigenvalue weighted by Crippen LogP contribution is -2.26. The maximum absolute atomic E-state index is 11.8. The summed E-state index contributed by atoms with van der Waals surface area (Å²) in [6, 6.07) is 4.18. The fourth-order valence-corrected chi connectivity index (χ4v) is 3.29. The van der Waals surface area contributed by atoms with Crippen LogP contribution in [0.1, 0.15) is 36.1 Å². The molecule has 0 fully saturated rings. The number of carbonyl (C=O) groups is 1. The SMILES string of the molecule is CCOC(=O)c1ncsc1NCC(C)(C)c1cccs1. The third kappa shape index (κ3) is 3.37. The molecule has 2 aromatic rings. The van der Waals surface area contributed by atoms with Gasteiger partial charge in [0.1, 0.15) is 5.00 Å². The van der Waals surface area contributed by atoms with E-state index in [9.17, 15) is 4.79 Å². The fourth-order valence-electron chi connectivity index (χ4n) is 1.77. The van der Waals surface area contributed by atoms with Crippen LogP contribution in [-0.4, -0.2) is 24.1 Å². The number of carbonyl (C=O) groups excluding carboxylic acids is 1. The first-order chi connectivity index (χ1) is 9.54. The highest BCUT2D eigenvalue weighted by Gasteiger charge is 2.23. The Kier molecular flexibility index (Phi) is 4.77. The normalized spacial score (nSPS) is 11.3. The largest absolute Gasteiger partial charge is 0.461 e. The number of anilines is 1. The Labute approximate surface area is 126 Å². The molecule has 0 aromatic carbocycles. The molecular formula is C14H18N2O2S2. The molecule has 0 aliphatic rings. The number of hydrogen-bond donors (Lipinski definition) is 1. The fraction of sp³-hybridized carbons (Fsp3) is 0.429. The van der Waals surface area contributed by atoms with E-state index in [1.807, 2.05) is 0 Å². The van der Waals surface area contributed by atoms with Gasteiger partial charge < -0.3 is 10.1 Å². The minimum atomic E-state index is -0.370. The van der Waals surface area contributed by atoms with Gasteiger partial charge in [-0.1, -0.05) is 19.9 Å². The summed E-state index contributed by atoms with van der Waals surface area (Å²) in [5, 5.41) is 6.17. The molecule has 0 amide bonds. The lowest BCUT2D eigenvalue weighted by atomic mass is 9.91. The van der Waals surface area contributed by atoms with Crippen LogP contribution in [0.2, 0.25) is 0 Å². The zero-order valence-electron chi connectivity index (χ0n) is 11.8. The van der Waals surface area contributed by atoms with Gasteiger partial charge in [-0.15, -0.1) is 22.7 Å². The molecule has 2 aromatic heterocycles. The van der Waals surface area contributed by atoms with Crippen LogP contribution in [0.15, 0.2) is 23.0 Å². The smallest absolute Gasteiger partial charge is 0.360 e. The molecule has 2 heterocycles. The molecule has 4 nitrogen and oxygen atoms in total. The van der Waals surface area contributed by atoms with E-state index in [1.54, 1.807) is 23.8 Å². The molecule has 0 aliphatic carbocycles. The molecule has 0 spiro atoms. The lowest BCUT2D eigenvalue weighted by molar-refractivity contribution is 0.0521. The molecule has 20 heavy (non-hydrogen) atoms. The average Bonchev–Trinajstić information content (AvgIpc) is 3.08. The van der Waals surface area contributed by atoms with Crippen LogP contribution < -0.4 is 5.32 Å². The Morgan fingerprint density at radius 1 is 1.45 bits per heavy atom. The van der Waals surface area contributed by atoms with Gasteiger partial charge in [0.15, 0.2) is 5.69 Å². The summed E-state index contributed by atoms with van der Waals surface area (Å²) in [5.74, 6) is -0.370. The summed E-state index contributed by atoms with van der Waals surface area (Å²) in [6.07, 6.45) is 0. The van der Waals surface area contributed by atoms with Gasteiger partial charge in [-0.3, -0.25) is 0 Å². The van der Waals surface area contributed by atoms with Crippen LogP contribution in [-0.2, 0) is 10.2 Å². The monoisotopic (exact) mass is 310 g/mol. The maximum Gasteiger partial charge on any atom is 0.360 e. The van der Waals surface area contributed by atoms with Gasteiger partial charge in [0.25, 0.3) is 0 Å². The number of thiazole rings is 1. The van der Waals surface area contributed by atoms with Crippen LogP contribution in [0.4, 0.5) is 5.00 Å². The van der Waals surface area contributed by atoms with Crippen molar-refractivity contribution in [1.29, 1.82) is 0 Å². The molecule has 0 radical (unpaired) electrons. The van der Waals surface area contributed by atoms with Gasteiger partial charge in [0.05, 0.1) is 12.1 Å². The number of hydrogen-bond acceptors (Lipinski definition) is 6. The van der Waals surface area contributed by atoms with E-state index in [0.717, 1.165) is 11.5 Å². The Hall–Kier alpha value is -1.40. The zero-order valence-corrected chi connectivity index (χ0v) is 13.4. The van der Waals surface area contributed by atoms with Gasteiger partial charge in [-0.2, -0.15) is 0 Å². The summed E-state index contributed by atoms with van der Waals surface area (Å²) >= 11 is 3.16. The van der Waals surface area contributed by atoms with E-state index in [-0.39, 0.29) is 11.4 Å². The maximum atomic E-state index is 11.8. The van der Waals surface area contributed by atoms with Crippen LogP contribution in [0.25, 0.3) is 0 Å². The standard InChI is InChI=1S/C14H18N2O2S2/c1-4-18-13(17)11-12(20-9-16-11)15-8-14(2,3)10-6-5-7-19-10/h5-7,9,15H,4,8H2,1-3H3. The number of aromatic nitrogens is 1. The summed E-state index contributed by atoms with van der Waals surface area (Å²) in [4.78, 5) is 17.2. The van der Waals surface area contributed by atoms with Crippen molar-refractivity contribution in [3.8, 4) is 0 Å². The van der Waals surface area contributed by atoms with Gasteiger partial charge >= 0.3 is 5.97 Å². The highest BCUT2D eigenvalue weighted by Crippen LogP contribution is 2.29. The Morgan fingerprint density at radius 2 is 2.25 bits per heavy atom. The first-order valence-electron chi connectivity index (χ1n) is 6.43. The lowest BCUT2D eigenvalue weighted by Gasteiger charge is -2.23. The second-order valence-electron chi connectivity index (χ2n) is 4.97. The molecule has 0 atom stereocenters. The molecule has 0 saturated heterocycles. The second-order valence-corrected chi connectivity index (χ2v) is 6.77. The molecular weight excluding hydrogens is 292 g/mol.